The average molecular weight is 374 g/mol. The number of amides is 1. The summed E-state index contributed by atoms with van der Waals surface area (Å²) in [5.41, 5.74) is 4.46. The third kappa shape index (κ3) is 2.69. The Balaban J connectivity index is 1.71. The molecule has 0 fully saturated rings. The van der Waals surface area contributed by atoms with Gasteiger partial charge in [0.1, 0.15) is 0 Å². The van der Waals surface area contributed by atoms with Gasteiger partial charge >= 0.3 is 0 Å². The molecule has 0 aliphatic heterocycles. The summed E-state index contributed by atoms with van der Waals surface area (Å²) < 4.78 is 3.85. The minimum absolute atomic E-state index is 0.365. The summed E-state index contributed by atoms with van der Waals surface area (Å²) >= 11 is 0. The quantitative estimate of drug-likeness (QED) is 0.434. The fourth-order valence-corrected chi connectivity index (χ4v) is 3.88. The van der Waals surface area contributed by atoms with E-state index in [2.05, 4.69) is 34.0 Å². The Kier molecular flexibility index (Phi) is 4.26. The van der Waals surface area contributed by atoms with Gasteiger partial charge in [-0.05, 0) is 45.0 Å². The fourth-order valence-electron chi connectivity index (χ4n) is 3.88. The van der Waals surface area contributed by atoms with Gasteiger partial charge < -0.3 is 9.88 Å². The van der Waals surface area contributed by atoms with Crippen molar-refractivity contribution in [3.8, 4) is 0 Å². The third-order valence-corrected chi connectivity index (χ3v) is 5.29. The number of aromatic nitrogens is 3. The van der Waals surface area contributed by atoms with Crippen molar-refractivity contribution in [3.05, 3.63) is 59.4 Å². The van der Waals surface area contributed by atoms with E-state index in [4.69, 9.17) is 0 Å². The number of fused-ring (bicyclic) bond motifs is 3. The summed E-state index contributed by atoms with van der Waals surface area (Å²) in [7, 11) is 1.76. The van der Waals surface area contributed by atoms with E-state index in [-0.39, 0.29) is 0 Å². The molecule has 6 heteroatoms. The number of carbonyl (C=O) groups excluding carboxylic acids is 2. The molecule has 6 nitrogen and oxygen atoms in total. The van der Waals surface area contributed by atoms with Crippen molar-refractivity contribution < 1.29 is 9.59 Å². The van der Waals surface area contributed by atoms with Gasteiger partial charge in [-0.25, -0.2) is 0 Å². The highest BCUT2D eigenvalue weighted by Gasteiger charge is 2.24. The van der Waals surface area contributed by atoms with Gasteiger partial charge in [0.15, 0.2) is 0 Å². The van der Waals surface area contributed by atoms with Crippen molar-refractivity contribution in [2.75, 3.05) is 5.32 Å². The Morgan fingerprint density at radius 3 is 2.43 bits per heavy atom. The van der Waals surface area contributed by atoms with E-state index in [1.54, 1.807) is 25.6 Å². The van der Waals surface area contributed by atoms with Crippen LogP contribution >= 0.6 is 0 Å². The second-order valence-corrected chi connectivity index (χ2v) is 6.95. The maximum absolute atomic E-state index is 12.7. The average Bonchev–Trinajstić information content (AvgIpc) is 3.14. The van der Waals surface area contributed by atoms with E-state index < -0.39 is 11.7 Å². The monoisotopic (exact) mass is 374 g/mol. The zero-order chi connectivity index (χ0) is 20.0. The number of nitrogens with zero attached hydrogens (tertiary/aromatic N) is 3. The number of Topliss-reactive ketones (excluding diaryl/α,β-unsaturated/α-hetero) is 1. The van der Waals surface area contributed by atoms with E-state index >= 15 is 0 Å². The minimum Gasteiger partial charge on any atom is -0.341 e. The van der Waals surface area contributed by atoms with Crippen LogP contribution in [0.3, 0.4) is 0 Å². The first-order valence-electron chi connectivity index (χ1n) is 9.29. The second-order valence-electron chi connectivity index (χ2n) is 6.95. The van der Waals surface area contributed by atoms with Gasteiger partial charge in [-0.2, -0.15) is 5.10 Å². The molecule has 4 aromatic rings. The number of ketones is 1. The molecular formula is C22H22N4O2. The van der Waals surface area contributed by atoms with Crippen molar-refractivity contribution in [3.63, 3.8) is 0 Å². The molecule has 2 aromatic carbocycles. The SMILES string of the molecule is CCn1c2ccccc2c2cc(NC(=O)C(=O)c3c(C)nn(C)c3C)ccc21. The highest BCUT2D eigenvalue weighted by molar-refractivity contribution is 6.47. The largest absolute Gasteiger partial charge is 0.341 e. The first-order chi connectivity index (χ1) is 13.4. The summed E-state index contributed by atoms with van der Waals surface area (Å²) in [5.74, 6) is -1.23. The lowest BCUT2D eigenvalue weighted by Crippen LogP contribution is -2.24. The van der Waals surface area contributed by atoms with Gasteiger partial charge in [0.05, 0.1) is 11.3 Å². The molecule has 0 saturated heterocycles. The van der Waals surface area contributed by atoms with Crippen LogP contribution in [0.5, 0.6) is 0 Å². The van der Waals surface area contributed by atoms with Crippen molar-refractivity contribution in [2.45, 2.75) is 27.3 Å². The Hall–Kier alpha value is -3.41. The summed E-state index contributed by atoms with van der Waals surface area (Å²) in [4.78, 5) is 25.2. The highest BCUT2D eigenvalue weighted by atomic mass is 16.2. The number of rotatable bonds is 4. The number of hydrogen-bond acceptors (Lipinski definition) is 3. The van der Waals surface area contributed by atoms with E-state index in [9.17, 15) is 9.59 Å². The predicted molar refractivity (Wildman–Crippen MR) is 111 cm³/mol. The predicted octanol–water partition coefficient (Wildman–Crippen LogP) is 3.99. The topological polar surface area (TPSA) is 68.9 Å². The second kappa shape index (κ2) is 6.64. The van der Waals surface area contributed by atoms with Crippen LogP contribution in [0, 0.1) is 13.8 Å². The van der Waals surface area contributed by atoms with Crippen LogP contribution < -0.4 is 5.32 Å². The Labute approximate surface area is 162 Å². The zero-order valence-electron chi connectivity index (χ0n) is 16.4. The number of benzene rings is 2. The van der Waals surface area contributed by atoms with Crippen LogP contribution in [0.1, 0.15) is 28.7 Å². The van der Waals surface area contributed by atoms with Crippen molar-refractivity contribution in [1.29, 1.82) is 0 Å². The van der Waals surface area contributed by atoms with Crippen LogP contribution in [0.2, 0.25) is 0 Å². The lowest BCUT2D eigenvalue weighted by Gasteiger charge is -2.07. The van der Waals surface area contributed by atoms with Crippen LogP contribution in [-0.2, 0) is 18.4 Å². The van der Waals surface area contributed by atoms with Crippen molar-refractivity contribution >= 4 is 39.2 Å². The van der Waals surface area contributed by atoms with E-state index in [0.717, 1.165) is 28.4 Å². The molecule has 1 N–H and O–H groups in total. The van der Waals surface area contributed by atoms with E-state index in [0.29, 0.717) is 22.6 Å². The molecule has 142 valence electrons. The molecule has 2 aromatic heterocycles. The molecule has 2 heterocycles. The maximum Gasteiger partial charge on any atom is 0.296 e. The Morgan fingerprint density at radius 2 is 1.75 bits per heavy atom. The molecule has 0 unspecified atom stereocenters. The molecule has 28 heavy (non-hydrogen) atoms. The smallest absolute Gasteiger partial charge is 0.296 e. The third-order valence-electron chi connectivity index (χ3n) is 5.29. The number of carbonyl (C=O) groups is 2. The van der Waals surface area contributed by atoms with Crippen LogP contribution in [-0.4, -0.2) is 26.0 Å². The first-order valence-corrected chi connectivity index (χ1v) is 9.29. The number of aryl methyl sites for hydroxylation is 3. The highest BCUT2D eigenvalue weighted by Crippen LogP contribution is 2.31. The number of anilines is 1. The van der Waals surface area contributed by atoms with E-state index in [1.165, 1.54) is 0 Å². The molecule has 0 spiro atoms. The molecule has 0 radical (unpaired) electrons. The first kappa shape index (κ1) is 18.0. The minimum atomic E-state index is -0.655. The normalized spacial score (nSPS) is 11.3. The molecule has 0 saturated carbocycles. The number of para-hydroxylation sites is 1. The van der Waals surface area contributed by atoms with Crippen LogP contribution in [0.25, 0.3) is 21.8 Å². The van der Waals surface area contributed by atoms with Gasteiger partial charge in [-0.15, -0.1) is 0 Å². The summed E-state index contributed by atoms with van der Waals surface area (Å²) in [6, 6.07) is 13.9. The van der Waals surface area contributed by atoms with Gasteiger partial charge in [0.25, 0.3) is 11.7 Å². The molecule has 0 aliphatic carbocycles. The van der Waals surface area contributed by atoms with Crippen molar-refractivity contribution in [1.82, 2.24) is 14.3 Å². The van der Waals surface area contributed by atoms with Crippen LogP contribution in [0.4, 0.5) is 5.69 Å². The molecular weight excluding hydrogens is 352 g/mol. The van der Waals surface area contributed by atoms with Gasteiger partial charge in [-0.3, -0.25) is 14.3 Å². The molecule has 1 amide bonds. The Morgan fingerprint density at radius 1 is 1.04 bits per heavy atom. The summed E-state index contributed by atoms with van der Waals surface area (Å²) in [6.07, 6.45) is 0. The fraction of sp³-hybridized carbons (Fsp3) is 0.227. The molecule has 0 bridgehead atoms. The number of nitrogens with one attached hydrogen (secondary N) is 1. The summed E-state index contributed by atoms with van der Waals surface area (Å²) in [5, 5.41) is 9.15. The Bertz CT molecular complexity index is 1250. The van der Waals surface area contributed by atoms with Crippen molar-refractivity contribution in [2.24, 2.45) is 7.05 Å². The zero-order valence-corrected chi connectivity index (χ0v) is 16.4. The van der Waals surface area contributed by atoms with Gasteiger partial charge in [-0.1, -0.05) is 18.2 Å². The lowest BCUT2D eigenvalue weighted by molar-refractivity contribution is -0.112. The summed E-state index contributed by atoms with van der Waals surface area (Å²) in [6.45, 7) is 6.48. The molecule has 4 rings (SSSR count). The van der Waals surface area contributed by atoms with Gasteiger partial charge in [0, 0.05) is 46.8 Å². The molecule has 0 atom stereocenters. The molecule has 0 aliphatic rings. The lowest BCUT2D eigenvalue weighted by atomic mass is 10.1. The standard InChI is InChI=1S/C22H22N4O2/c1-5-26-18-9-7-6-8-16(18)17-12-15(10-11-19(17)26)23-22(28)21(27)20-13(2)24-25(4)14(20)3/h6-12H,5H2,1-4H3,(H,23,28). The van der Waals surface area contributed by atoms with Crippen LogP contribution in [0.15, 0.2) is 42.5 Å². The number of hydrogen-bond donors (Lipinski definition) is 1. The maximum atomic E-state index is 12.7. The van der Waals surface area contributed by atoms with E-state index in [1.807, 2.05) is 30.3 Å². The van der Waals surface area contributed by atoms with Gasteiger partial charge in [0.2, 0.25) is 0 Å².